The van der Waals surface area contributed by atoms with Crippen LogP contribution in [-0.2, 0) is 0 Å². The van der Waals surface area contributed by atoms with Crippen molar-refractivity contribution in [1.29, 1.82) is 0 Å². The maximum atomic E-state index is 12.5. The summed E-state index contributed by atoms with van der Waals surface area (Å²) in [6, 6.07) is 10.6. The van der Waals surface area contributed by atoms with Crippen LogP contribution in [-0.4, -0.2) is 24.1 Å². The summed E-state index contributed by atoms with van der Waals surface area (Å²) < 4.78 is 11.5. The van der Waals surface area contributed by atoms with E-state index in [1.807, 2.05) is 19.1 Å². The first kappa shape index (κ1) is 15.6. The molecule has 0 saturated heterocycles. The van der Waals surface area contributed by atoms with E-state index in [9.17, 15) is 9.90 Å². The third-order valence-electron chi connectivity index (χ3n) is 3.50. The zero-order chi connectivity index (χ0) is 16.4. The van der Waals surface area contributed by atoms with Crippen LogP contribution in [0.3, 0.4) is 0 Å². The first-order chi connectivity index (χ1) is 11.1. The van der Waals surface area contributed by atoms with Crippen molar-refractivity contribution in [2.24, 2.45) is 0 Å². The van der Waals surface area contributed by atoms with E-state index in [1.54, 1.807) is 30.3 Å². The Hall–Kier alpha value is -2.27. The number of halogens is 1. The molecule has 0 radical (unpaired) electrons. The minimum absolute atomic E-state index is 0.0468. The highest BCUT2D eigenvalue weighted by Crippen LogP contribution is 2.36. The van der Waals surface area contributed by atoms with Crippen molar-refractivity contribution >= 4 is 27.8 Å². The zero-order valence-electron chi connectivity index (χ0n) is 12.5. The van der Waals surface area contributed by atoms with Crippen LogP contribution >= 0.6 is 15.9 Å². The molecule has 0 bridgehead atoms. The number of ketones is 1. The van der Waals surface area contributed by atoms with Gasteiger partial charge in [-0.05, 0) is 58.8 Å². The van der Waals surface area contributed by atoms with E-state index in [2.05, 4.69) is 15.9 Å². The van der Waals surface area contributed by atoms with E-state index in [4.69, 9.17) is 9.47 Å². The molecule has 23 heavy (non-hydrogen) atoms. The van der Waals surface area contributed by atoms with Gasteiger partial charge in [0, 0.05) is 5.57 Å². The maximum Gasteiger partial charge on any atom is 0.196 e. The van der Waals surface area contributed by atoms with Gasteiger partial charge in [-0.3, -0.25) is 4.79 Å². The number of ether oxygens (including phenoxy) is 2. The van der Waals surface area contributed by atoms with E-state index in [-0.39, 0.29) is 18.1 Å². The second-order valence-corrected chi connectivity index (χ2v) is 5.92. The molecular formula is C18H15BrO4. The van der Waals surface area contributed by atoms with Crippen LogP contribution in [0.4, 0.5) is 0 Å². The van der Waals surface area contributed by atoms with Crippen LogP contribution in [0, 0.1) is 0 Å². The number of benzene rings is 2. The monoisotopic (exact) mass is 374 g/mol. The van der Waals surface area contributed by atoms with Gasteiger partial charge < -0.3 is 14.6 Å². The Morgan fingerprint density at radius 2 is 2.13 bits per heavy atom. The molecule has 1 aliphatic heterocycles. The van der Waals surface area contributed by atoms with Gasteiger partial charge in [0.2, 0.25) is 0 Å². The van der Waals surface area contributed by atoms with E-state index in [1.165, 1.54) is 0 Å². The van der Waals surface area contributed by atoms with Crippen LogP contribution in [0.15, 0.2) is 46.4 Å². The van der Waals surface area contributed by atoms with Gasteiger partial charge in [0.25, 0.3) is 0 Å². The molecule has 0 unspecified atom stereocenters. The second-order valence-electron chi connectivity index (χ2n) is 5.07. The van der Waals surface area contributed by atoms with E-state index in [0.29, 0.717) is 33.7 Å². The summed E-state index contributed by atoms with van der Waals surface area (Å²) in [5.74, 6) is 0.981. The van der Waals surface area contributed by atoms with Crippen LogP contribution in [0.2, 0.25) is 0 Å². The van der Waals surface area contributed by atoms with Gasteiger partial charge in [0.15, 0.2) is 17.3 Å². The Kier molecular flexibility index (Phi) is 4.39. The Bertz CT molecular complexity index is 796. The van der Waals surface area contributed by atoms with Gasteiger partial charge in [0.05, 0.1) is 16.6 Å². The lowest BCUT2D eigenvalue weighted by molar-refractivity contribution is 0.100. The molecular weight excluding hydrogens is 360 g/mol. The van der Waals surface area contributed by atoms with E-state index in [0.717, 1.165) is 5.56 Å². The first-order valence-corrected chi connectivity index (χ1v) is 8.02. The summed E-state index contributed by atoms with van der Waals surface area (Å²) in [4.78, 5) is 12.5. The van der Waals surface area contributed by atoms with Crippen molar-refractivity contribution in [1.82, 2.24) is 0 Å². The fourth-order valence-corrected chi connectivity index (χ4v) is 2.88. The summed E-state index contributed by atoms with van der Waals surface area (Å²) in [5, 5.41) is 9.96. The van der Waals surface area contributed by atoms with Crippen LogP contribution in [0.1, 0.15) is 22.8 Å². The zero-order valence-corrected chi connectivity index (χ0v) is 14.1. The Labute approximate surface area is 142 Å². The number of para-hydroxylation sites is 1. The smallest absolute Gasteiger partial charge is 0.196 e. The number of aromatic hydroxyl groups is 1. The average molecular weight is 375 g/mol. The largest absolute Gasteiger partial charge is 0.503 e. The molecule has 1 N–H and O–H groups in total. The predicted molar refractivity (Wildman–Crippen MR) is 91.2 cm³/mol. The van der Waals surface area contributed by atoms with Gasteiger partial charge in [-0.1, -0.05) is 12.1 Å². The minimum atomic E-state index is -0.0472. The maximum absolute atomic E-state index is 12.5. The van der Waals surface area contributed by atoms with Crippen LogP contribution < -0.4 is 9.47 Å². The number of rotatable bonds is 3. The molecule has 0 fully saturated rings. The molecule has 0 atom stereocenters. The summed E-state index contributed by atoms with van der Waals surface area (Å²) in [6.07, 6.45) is 1.75. The molecule has 0 spiro atoms. The highest BCUT2D eigenvalue weighted by Gasteiger charge is 2.22. The molecule has 2 aromatic rings. The van der Waals surface area contributed by atoms with Crippen molar-refractivity contribution in [3.05, 3.63) is 57.6 Å². The molecule has 1 aliphatic rings. The third kappa shape index (κ3) is 3.10. The van der Waals surface area contributed by atoms with Gasteiger partial charge in [-0.15, -0.1) is 0 Å². The molecule has 2 aromatic carbocycles. The average Bonchev–Trinajstić information content (AvgIpc) is 2.55. The van der Waals surface area contributed by atoms with Crippen LogP contribution in [0.25, 0.3) is 6.08 Å². The number of Topliss-reactive ketones (excluding diaryl/α,β-unsaturated/α-hetero) is 1. The highest BCUT2D eigenvalue weighted by molar-refractivity contribution is 9.10. The van der Waals surface area contributed by atoms with E-state index < -0.39 is 0 Å². The fraction of sp³-hybridized carbons (Fsp3) is 0.167. The summed E-state index contributed by atoms with van der Waals surface area (Å²) in [7, 11) is 0. The third-order valence-corrected chi connectivity index (χ3v) is 4.10. The quantitative estimate of drug-likeness (QED) is 0.817. The summed E-state index contributed by atoms with van der Waals surface area (Å²) >= 11 is 3.30. The molecule has 0 saturated carbocycles. The van der Waals surface area contributed by atoms with Crippen molar-refractivity contribution in [3.8, 4) is 17.2 Å². The van der Waals surface area contributed by atoms with Gasteiger partial charge in [-0.2, -0.15) is 0 Å². The molecule has 118 valence electrons. The lowest BCUT2D eigenvalue weighted by Crippen LogP contribution is -2.18. The summed E-state index contributed by atoms with van der Waals surface area (Å²) in [6.45, 7) is 2.50. The van der Waals surface area contributed by atoms with E-state index >= 15 is 0 Å². The lowest BCUT2D eigenvalue weighted by Gasteiger charge is -2.18. The number of phenols is 1. The molecule has 0 aromatic heterocycles. The Balaban J connectivity index is 1.98. The molecule has 1 heterocycles. The van der Waals surface area contributed by atoms with Gasteiger partial charge in [-0.25, -0.2) is 0 Å². The molecule has 0 amide bonds. The van der Waals surface area contributed by atoms with Crippen molar-refractivity contribution in [2.75, 3.05) is 13.2 Å². The van der Waals surface area contributed by atoms with Gasteiger partial charge >= 0.3 is 0 Å². The van der Waals surface area contributed by atoms with Crippen molar-refractivity contribution in [3.63, 3.8) is 0 Å². The topological polar surface area (TPSA) is 55.8 Å². The van der Waals surface area contributed by atoms with Gasteiger partial charge in [0.1, 0.15) is 12.4 Å². The van der Waals surface area contributed by atoms with Crippen molar-refractivity contribution < 1.29 is 19.4 Å². The summed E-state index contributed by atoms with van der Waals surface area (Å²) in [5.41, 5.74) is 1.88. The predicted octanol–water partition coefficient (Wildman–Crippen LogP) is 4.21. The molecule has 3 rings (SSSR count). The Morgan fingerprint density at radius 3 is 2.91 bits per heavy atom. The lowest BCUT2D eigenvalue weighted by atomic mass is 9.98. The fourth-order valence-electron chi connectivity index (χ4n) is 2.43. The molecule has 4 nitrogen and oxygen atoms in total. The minimum Gasteiger partial charge on any atom is -0.503 e. The second kappa shape index (κ2) is 6.46. The Morgan fingerprint density at radius 1 is 1.35 bits per heavy atom. The normalized spacial score (nSPS) is 15.2. The SMILES string of the molecule is CCOc1cc(/C=C2\COc3ccccc3C2=O)cc(Br)c1O. The number of hydrogen-bond donors (Lipinski definition) is 1. The van der Waals surface area contributed by atoms with Crippen molar-refractivity contribution in [2.45, 2.75) is 6.92 Å². The molecule has 5 heteroatoms. The van der Waals surface area contributed by atoms with Crippen LogP contribution in [0.5, 0.6) is 17.2 Å². The number of fused-ring (bicyclic) bond motifs is 1. The number of phenolic OH excluding ortho intramolecular Hbond substituents is 1. The standard InChI is InChI=1S/C18H15BrO4/c1-2-22-16-9-11(8-14(19)18(16)21)7-12-10-23-15-6-4-3-5-13(15)17(12)20/h3-9,21H,2,10H2,1H3/b12-7+. The highest BCUT2D eigenvalue weighted by atomic mass is 79.9. The number of hydrogen-bond acceptors (Lipinski definition) is 4. The molecule has 0 aliphatic carbocycles. The first-order valence-electron chi connectivity index (χ1n) is 7.22. The number of carbonyl (C=O) groups excluding carboxylic acids is 1. The number of carbonyl (C=O) groups is 1.